The molecule has 2 aromatic carbocycles. The first kappa shape index (κ1) is 20.7. The summed E-state index contributed by atoms with van der Waals surface area (Å²) in [6.07, 6.45) is 3.71. The van der Waals surface area contributed by atoms with Crippen LogP contribution >= 0.6 is 11.6 Å². The molecule has 1 spiro atoms. The highest BCUT2D eigenvalue weighted by Crippen LogP contribution is 2.41. The first-order valence-electron chi connectivity index (χ1n) is 10.8. The molecule has 1 fully saturated rings. The van der Waals surface area contributed by atoms with Crippen LogP contribution in [0.2, 0.25) is 5.02 Å². The van der Waals surface area contributed by atoms with Crippen LogP contribution in [0.3, 0.4) is 0 Å². The van der Waals surface area contributed by atoms with E-state index in [9.17, 15) is 9.59 Å². The van der Waals surface area contributed by atoms with Crippen LogP contribution in [0.4, 0.5) is 11.4 Å². The van der Waals surface area contributed by atoms with Crippen LogP contribution < -0.4 is 15.4 Å². The maximum atomic E-state index is 13.6. The normalized spacial score (nSPS) is 19.0. The van der Waals surface area contributed by atoms with Crippen LogP contribution in [0.15, 0.2) is 60.9 Å². The third-order valence-electron chi connectivity index (χ3n) is 6.18. The zero-order valence-corrected chi connectivity index (χ0v) is 18.6. The van der Waals surface area contributed by atoms with E-state index in [-0.39, 0.29) is 23.3 Å². The molecule has 0 aliphatic carbocycles. The molecule has 1 saturated heterocycles. The second kappa shape index (κ2) is 7.86. The van der Waals surface area contributed by atoms with E-state index >= 15 is 0 Å². The number of aromatic amines is 1. The smallest absolute Gasteiger partial charge is 0.252 e. The number of nitrogens with one attached hydrogen (secondary N) is 3. The number of pyridine rings is 1. The van der Waals surface area contributed by atoms with Crippen LogP contribution in [0.1, 0.15) is 22.3 Å². The monoisotopic (exact) mass is 474 g/mol. The number of anilines is 2. The third kappa shape index (κ3) is 3.30. The molecule has 170 valence electrons. The number of aromatic nitrogens is 2. The van der Waals surface area contributed by atoms with Gasteiger partial charge in [-0.15, -0.1) is 0 Å². The van der Waals surface area contributed by atoms with Crippen molar-refractivity contribution in [2.24, 2.45) is 0 Å². The molecule has 4 heterocycles. The number of ether oxygens (including phenoxy) is 2. The molecule has 3 N–H and O–H groups in total. The molecule has 0 bridgehead atoms. The van der Waals surface area contributed by atoms with E-state index < -0.39 is 5.54 Å². The van der Waals surface area contributed by atoms with E-state index in [1.165, 1.54) is 0 Å². The largest absolute Gasteiger partial charge is 0.457 e. The lowest BCUT2D eigenvalue weighted by molar-refractivity contribution is -0.120. The van der Waals surface area contributed by atoms with Gasteiger partial charge in [0.15, 0.2) is 5.78 Å². The lowest BCUT2D eigenvalue weighted by Gasteiger charge is -2.34. The zero-order chi connectivity index (χ0) is 23.3. The second-order valence-corrected chi connectivity index (χ2v) is 8.73. The van der Waals surface area contributed by atoms with Gasteiger partial charge in [-0.1, -0.05) is 29.8 Å². The van der Waals surface area contributed by atoms with Crippen molar-refractivity contribution in [1.82, 2.24) is 9.97 Å². The lowest BCUT2D eigenvalue weighted by Crippen LogP contribution is -2.53. The predicted molar refractivity (Wildman–Crippen MR) is 128 cm³/mol. The average Bonchev–Trinajstić information content (AvgIpc) is 3.49. The summed E-state index contributed by atoms with van der Waals surface area (Å²) in [7, 11) is 0. The van der Waals surface area contributed by atoms with Crippen molar-refractivity contribution in [3.63, 3.8) is 0 Å². The van der Waals surface area contributed by atoms with Gasteiger partial charge in [-0.3, -0.25) is 9.59 Å². The van der Waals surface area contributed by atoms with E-state index in [0.717, 1.165) is 0 Å². The van der Waals surface area contributed by atoms with E-state index in [4.69, 9.17) is 21.1 Å². The van der Waals surface area contributed by atoms with E-state index in [1.807, 2.05) is 30.3 Å². The van der Waals surface area contributed by atoms with Crippen molar-refractivity contribution in [1.29, 1.82) is 0 Å². The average molecular weight is 475 g/mol. The maximum absolute atomic E-state index is 13.6. The second-order valence-electron chi connectivity index (χ2n) is 8.32. The van der Waals surface area contributed by atoms with Crippen LogP contribution in [0, 0.1) is 0 Å². The molecule has 6 rings (SSSR count). The van der Waals surface area contributed by atoms with Gasteiger partial charge in [-0.05, 0) is 24.3 Å². The molecule has 2 aromatic heterocycles. The molecular formula is C25H19ClN4O4. The van der Waals surface area contributed by atoms with Gasteiger partial charge < -0.3 is 25.1 Å². The Balaban J connectivity index is 1.38. The quantitative estimate of drug-likeness (QED) is 0.368. The highest BCUT2D eigenvalue weighted by atomic mass is 35.5. The minimum absolute atomic E-state index is 0.167. The Kier molecular flexibility index (Phi) is 4.79. The molecule has 1 amide bonds. The molecule has 0 saturated carbocycles. The van der Waals surface area contributed by atoms with Crippen LogP contribution in [-0.4, -0.2) is 40.4 Å². The molecule has 0 radical (unpaired) electrons. The number of carbonyl (C=O) groups excluding carboxylic acids is 2. The number of benzene rings is 2. The highest BCUT2D eigenvalue weighted by molar-refractivity contribution is 6.36. The predicted octanol–water partition coefficient (Wildman–Crippen LogP) is 4.76. The molecule has 2 aliphatic heterocycles. The first-order valence-corrected chi connectivity index (χ1v) is 11.2. The highest BCUT2D eigenvalue weighted by Gasteiger charge is 2.46. The number of para-hydroxylation sites is 1. The van der Waals surface area contributed by atoms with Crippen molar-refractivity contribution < 1.29 is 19.1 Å². The number of halogens is 1. The summed E-state index contributed by atoms with van der Waals surface area (Å²) in [4.78, 5) is 33.7. The van der Waals surface area contributed by atoms with Gasteiger partial charge in [-0.25, -0.2) is 4.98 Å². The zero-order valence-electron chi connectivity index (χ0n) is 17.9. The Bertz CT molecular complexity index is 1440. The summed E-state index contributed by atoms with van der Waals surface area (Å²) in [5.74, 6) is 0.760. The number of ketones is 1. The van der Waals surface area contributed by atoms with Crippen molar-refractivity contribution in [2.75, 3.05) is 23.8 Å². The summed E-state index contributed by atoms with van der Waals surface area (Å²) < 4.78 is 11.3. The van der Waals surface area contributed by atoms with Crippen molar-refractivity contribution in [2.45, 2.75) is 12.0 Å². The van der Waals surface area contributed by atoms with Gasteiger partial charge in [0.2, 0.25) is 0 Å². The van der Waals surface area contributed by atoms with Gasteiger partial charge in [0.05, 0.1) is 40.2 Å². The summed E-state index contributed by atoms with van der Waals surface area (Å²) in [6.45, 7) is 0.737. The van der Waals surface area contributed by atoms with Crippen molar-refractivity contribution >= 4 is 45.7 Å². The molecule has 9 heteroatoms. The summed E-state index contributed by atoms with van der Waals surface area (Å²) in [5, 5.41) is 7.12. The third-order valence-corrected chi connectivity index (χ3v) is 6.49. The van der Waals surface area contributed by atoms with Gasteiger partial charge in [0, 0.05) is 30.9 Å². The number of hydrogen-bond donors (Lipinski definition) is 3. The minimum atomic E-state index is -0.868. The summed E-state index contributed by atoms with van der Waals surface area (Å²) in [5.41, 5.74) is 1.55. The maximum Gasteiger partial charge on any atom is 0.252 e. The lowest BCUT2D eigenvalue weighted by atomic mass is 9.93. The molecule has 34 heavy (non-hydrogen) atoms. The van der Waals surface area contributed by atoms with Gasteiger partial charge in [0.25, 0.3) is 5.91 Å². The number of amides is 1. The molecule has 2 aliphatic rings. The van der Waals surface area contributed by atoms with Crippen LogP contribution in [0.5, 0.6) is 11.5 Å². The SMILES string of the molecule is O=C(c1ccc(Oc2ccccc2)cc1Cl)c1c[nH]c2ncc3c(c12)N[C@@]1(CCOC1)C(=O)N3. The molecule has 0 unspecified atom stereocenters. The molecular weight excluding hydrogens is 456 g/mol. The number of fused-ring (bicyclic) bond motifs is 3. The molecule has 4 aromatic rings. The van der Waals surface area contributed by atoms with E-state index in [1.54, 1.807) is 30.6 Å². The Morgan fingerprint density at radius 2 is 1.97 bits per heavy atom. The number of hydrogen-bond acceptors (Lipinski definition) is 6. The Morgan fingerprint density at radius 3 is 2.74 bits per heavy atom. The summed E-state index contributed by atoms with van der Waals surface area (Å²) >= 11 is 6.50. The van der Waals surface area contributed by atoms with Crippen LogP contribution in [-0.2, 0) is 9.53 Å². The van der Waals surface area contributed by atoms with Crippen molar-refractivity contribution in [3.05, 3.63) is 77.1 Å². The fraction of sp³-hybridized carbons (Fsp3) is 0.160. The van der Waals surface area contributed by atoms with Crippen LogP contribution in [0.25, 0.3) is 11.0 Å². The van der Waals surface area contributed by atoms with Gasteiger partial charge >= 0.3 is 0 Å². The fourth-order valence-electron chi connectivity index (χ4n) is 4.39. The van der Waals surface area contributed by atoms with E-state index in [0.29, 0.717) is 58.1 Å². The van der Waals surface area contributed by atoms with E-state index in [2.05, 4.69) is 20.6 Å². The number of nitrogens with zero attached hydrogens (tertiary/aromatic N) is 1. The Labute approximate surface area is 199 Å². The van der Waals surface area contributed by atoms with Gasteiger partial charge in [-0.2, -0.15) is 0 Å². The fourth-order valence-corrected chi connectivity index (χ4v) is 4.65. The summed E-state index contributed by atoms with van der Waals surface area (Å²) in [6, 6.07) is 14.3. The van der Waals surface area contributed by atoms with Crippen molar-refractivity contribution in [3.8, 4) is 11.5 Å². The number of carbonyl (C=O) groups is 2. The number of rotatable bonds is 4. The molecule has 1 atom stereocenters. The number of H-pyrrole nitrogens is 1. The standard InChI is InChI=1S/C25H19ClN4O4/c26-18-10-15(34-14-4-2-1-3-5-14)6-7-16(18)22(31)17-11-27-23-20(17)21-19(12-28-23)29-24(32)25(30-21)8-9-33-13-25/h1-7,10-12,30H,8-9,13H2,(H,27,28)(H,29,32)/t25-/m1/s1. The Hall–Kier alpha value is -3.88. The minimum Gasteiger partial charge on any atom is -0.457 e. The van der Waals surface area contributed by atoms with Gasteiger partial charge in [0.1, 0.15) is 22.7 Å². The Morgan fingerprint density at radius 1 is 1.12 bits per heavy atom. The topological polar surface area (TPSA) is 105 Å². The first-order chi connectivity index (χ1) is 16.5. The molecule has 8 nitrogen and oxygen atoms in total.